The molecule has 0 aliphatic carbocycles. The van der Waals surface area contributed by atoms with Crippen LogP contribution in [0.2, 0.25) is 0 Å². The van der Waals surface area contributed by atoms with Crippen molar-refractivity contribution in [3.05, 3.63) is 36.0 Å². The number of rotatable bonds is 7. The van der Waals surface area contributed by atoms with E-state index in [1.807, 2.05) is 44.3 Å². The Kier molecular flexibility index (Phi) is 5.25. The third-order valence-corrected chi connectivity index (χ3v) is 4.50. The number of hydrogen-bond acceptors (Lipinski definition) is 3. The number of amides is 4. The number of H-pyrrole nitrogens is 1. The zero-order chi connectivity index (χ0) is 18.7. The van der Waals surface area contributed by atoms with E-state index >= 15 is 0 Å². The monoisotopic (exact) mass is 356 g/mol. The van der Waals surface area contributed by atoms with Gasteiger partial charge in [-0.15, -0.1) is 0 Å². The summed E-state index contributed by atoms with van der Waals surface area (Å²) in [5.41, 5.74) is 2.11. The molecule has 0 radical (unpaired) electrons. The zero-order valence-corrected chi connectivity index (χ0v) is 15.0. The first-order valence-electron chi connectivity index (χ1n) is 8.92. The van der Waals surface area contributed by atoms with Crippen LogP contribution in [0.25, 0.3) is 10.9 Å². The minimum absolute atomic E-state index is 0.0593. The van der Waals surface area contributed by atoms with Crippen LogP contribution in [0, 0.1) is 0 Å². The molecule has 2 heterocycles. The lowest BCUT2D eigenvalue weighted by molar-refractivity contribution is -0.127. The SMILES string of the molecule is CC(C)NC(=O)CC[C@@H]1NC(=O)N(CCc2c[nH]c3ccccc23)C1=O. The molecule has 7 nitrogen and oxygen atoms in total. The van der Waals surface area contributed by atoms with Gasteiger partial charge in [-0.1, -0.05) is 18.2 Å². The number of aromatic amines is 1. The molecular formula is C19H24N4O3. The zero-order valence-electron chi connectivity index (χ0n) is 15.0. The number of urea groups is 1. The molecule has 0 saturated carbocycles. The van der Waals surface area contributed by atoms with Crippen LogP contribution in [0.1, 0.15) is 32.3 Å². The summed E-state index contributed by atoms with van der Waals surface area (Å²) in [5, 5.41) is 6.56. The van der Waals surface area contributed by atoms with Gasteiger partial charge in [-0.25, -0.2) is 4.79 Å². The normalized spacial score (nSPS) is 17.2. The van der Waals surface area contributed by atoms with Crippen molar-refractivity contribution in [3.63, 3.8) is 0 Å². The van der Waals surface area contributed by atoms with Crippen molar-refractivity contribution in [2.45, 2.75) is 45.2 Å². The summed E-state index contributed by atoms with van der Waals surface area (Å²) in [7, 11) is 0. The number of aromatic nitrogens is 1. The van der Waals surface area contributed by atoms with Gasteiger partial charge in [0.25, 0.3) is 5.91 Å². The molecule has 1 saturated heterocycles. The van der Waals surface area contributed by atoms with Crippen LogP contribution in [-0.2, 0) is 16.0 Å². The Balaban J connectivity index is 1.56. The van der Waals surface area contributed by atoms with Crippen molar-refractivity contribution in [2.75, 3.05) is 6.54 Å². The summed E-state index contributed by atoms with van der Waals surface area (Å²) in [6.45, 7) is 4.08. The fraction of sp³-hybridized carbons (Fsp3) is 0.421. The predicted molar refractivity (Wildman–Crippen MR) is 98.5 cm³/mol. The second kappa shape index (κ2) is 7.59. The highest BCUT2D eigenvalue weighted by Crippen LogP contribution is 2.19. The Hall–Kier alpha value is -2.83. The second-order valence-corrected chi connectivity index (χ2v) is 6.86. The molecule has 1 fully saturated rings. The molecule has 3 N–H and O–H groups in total. The van der Waals surface area contributed by atoms with E-state index in [2.05, 4.69) is 15.6 Å². The number of benzene rings is 1. The van der Waals surface area contributed by atoms with Crippen molar-refractivity contribution < 1.29 is 14.4 Å². The molecule has 0 unspecified atom stereocenters. The molecule has 1 aliphatic rings. The second-order valence-electron chi connectivity index (χ2n) is 6.86. The number of nitrogens with zero attached hydrogens (tertiary/aromatic N) is 1. The highest BCUT2D eigenvalue weighted by Gasteiger charge is 2.37. The molecule has 3 rings (SSSR count). The number of carbonyl (C=O) groups is 3. The average Bonchev–Trinajstić information content (AvgIpc) is 3.12. The number of para-hydroxylation sites is 1. The van der Waals surface area contributed by atoms with Gasteiger partial charge in [0.2, 0.25) is 5.91 Å². The van der Waals surface area contributed by atoms with Crippen LogP contribution < -0.4 is 10.6 Å². The quantitative estimate of drug-likeness (QED) is 0.662. The van der Waals surface area contributed by atoms with E-state index in [1.54, 1.807) is 0 Å². The maximum Gasteiger partial charge on any atom is 0.324 e. The van der Waals surface area contributed by atoms with E-state index in [1.165, 1.54) is 4.90 Å². The summed E-state index contributed by atoms with van der Waals surface area (Å²) in [6, 6.07) is 6.98. The lowest BCUT2D eigenvalue weighted by atomic mass is 10.1. The largest absolute Gasteiger partial charge is 0.361 e. The smallest absolute Gasteiger partial charge is 0.324 e. The summed E-state index contributed by atoms with van der Waals surface area (Å²) in [4.78, 5) is 40.8. The van der Waals surface area contributed by atoms with E-state index < -0.39 is 6.04 Å². The fourth-order valence-electron chi connectivity index (χ4n) is 3.22. The topological polar surface area (TPSA) is 94.3 Å². The molecule has 1 aliphatic heterocycles. The number of carbonyl (C=O) groups excluding carboxylic acids is 3. The van der Waals surface area contributed by atoms with Gasteiger partial charge >= 0.3 is 6.03 Å². The summed E-state index contributed by atoms with van der Waals surface area (Å²) < 4.78 is 0. The number of nitrogens with one attached hydrogen (secondary N) is 3. The van der Waals surface area contributed by atoms with E-state index in [0.717, 1.165) is 16.5 Å². The van der Waals surface area contributed by atoms with Gasteiger partial charge in [-0.05, 0) is 38.3 Å². The van der Waals surface area contributed by atoms with Gasteiger partial charge in [-0.2, -0.15) is 0 Å². The lowest BCUT2D eigenvalue weighted by Gasteiger charge is -2.13. The van der Waals surface area contributed by atoms with Crippen molar-refractivity contribution >= 4 is 28.7 Å². The number of imide groups is 1. The van der Waals surface area contributed by atoms with Gasteiger partial charge in [0.1, 0.15) is 6.04 Å². The van der Waals surface area contributed by atoms with E-state index in [-0.39, 0.29) is 30.3 Å². The third-order valence-electron chi connectivity index (χ3n) is 4.50. The van der Waals surface area contributed by atoms with Crippen molar-refractivity contribution in [1.82, 2.24) is 20.5 Å². The number of hydrogen-bond donors (Lipinski definition) is 3. The van der Waals surface area contributed by atoms with Crippen LogP contribution >= 0.6 is 0 Å². The maximum atomic E-state index is 12.5. The summed E-state index contributed by atoms with van der Waals surface area (Å²) in [5.74, 6) is -0.369. The van der Waals surface area contributed by atoms with E-state index in [4.69, 9.17) is 0 Å². The third kappa shape index (κ3) is 3.87. The molecule has 1 atom stereocenters. The molecule has 2 aromatic rings. The predicted octanol–water partition coefficient (Wildman–Crippen LogP) is 1.94. The molecule has 1 aromatic carbocycles. The van der Waals surface area contributed by atoms with E-state index in [0.29, 0.717) is 19.4 Å². The highest BCUT2D eigenvalue weighted by molar-refractivity contribution is 6.04. The molecule has 4 amide bonds. The molecule has 7 heteroatoms. The summed E-state index contributed by atoms with van der Waals surface area (Å²) in [6.07, 6.45) is 3.03. The molecule has 0 bridgehead atoms. The lowest BCUT2D eigenvalue weighted by Crippen LogP contribution is -2.35. The van der Waals surface area contributed by atoms with E-state index in [9.17, 15) is 14.4 Å². The Morgan fingerprint density at radius 3 is 2.81 bits per heavy atom. The molecular weight excluding hydrogens is 332 g/mol. The maximum absolute atomic E-state index is 12.5. The van der Waals surface area contributed by atoms with Crippen LogP contribution in [0.3, 0.4) is 0 Å². The Bertz CT molecular complexity index is 827. The minimum atomic E-state index is -0.622. The first-order chi connectivity index (χ1) is 12.5. The van der Waals surface area contributed by atoms with Crippen molar-refractivity contribution in [2.24, 2.45) is 0 Å². The van der Waals surface area contributed by atoms with Gasteiger partial charge in [-0.3, -0.25) is 14.5 Å². The Morgan fingerprint density at radius 1 is 1.27 bits per heavy atom. The van der Waals surface area contributed by atoms with Gasteiger partial charge in [0, 0.05) is 36.1 Å². The van der Waals surface area contributed by atoms with Crippen LogP contribution in [0.5, 0.6) is 0 Å². The van der Waals surface area contributed by atoms with Crippen LogP contribution in [0.4, 0.5) is 4.79 Å². The Labute approximate surface area is 152 Å². The Morgan fingerprint density at radius 2 is 2.04 bits per heavy atom. The van der Waals surface area contributed by atoms with Gasteiger partial charge < -0.3 is 15.6 Å². The fourth-order valence-corrected chi connectivity index (χ4v) is 3.22. The summed E-state index contributed by atoms with van der Waals surface area (Å²) >= 11 is 0. The standard InChI is InChI=1S/C19H24N4O3/c1-12(2)21-17(24)8-7-16-18(25)23(19(26)22-16)10-9-13-11-20-15-6-4-3-5-14(13)15/h3-6,11-12,16,20H,7-10H2,1-2H3,(H,21,24)(H,22,26)/t16-/m0/s1. The van der Waals surface area contributed by atoms with Gasteiger partial charge in [0.15, 0.2) is 0 Å². The minimum Gasteiger partial charge on any atom is -0.361 e. The average molecular weight is 356 g/mol. The van der Waals surface area contributed by atoms with Crippen LogP contribution in [-0.4, -0.2) is 46.4 Å². The van der Waals surface area contributed by atoms with Crippen molar-refractivity contribution in [1.29, 1.82) is 0 Å². The van der Waals surface area contributed by atoms with Gasteiger partial charge in [0.05, 0.1) is 0 Å². The molecule has 138 valence electrons. The number of fused-ring (bicyclic) bond motifs is 1. The first-order valence-corrected chi connectivity index (χ1v) is 8.92. The van der Waals surface area contributed by atoms with Crippen LogP contribution in [0.15, 0.2) is 30.5 Å². The molecule has 26 heavy (non-hydrogen) atoms. The molecule has 0 spiro atoms. The highest BCUT2D eigenvalue weighted by atomic mass is 16.2. The molecule has 1 aromatic heterocycles. The first kappa shape index (κ1) is 18.0. The van der Waals surface area contributed by atoms with Crippen molar-refractivity contribution in [3.8, 4) is 0 Å².